The first-order valence-electron chi connectivity index (χ1n) is 4.52. The monoisotopic (exact) mass is 245 g/mol. The van der Waals surface area contributed by atoms with E-state index in [4.69, 9.17) is 11.6 Å². The summed E-state index contributed by atoms with van der Waals surface area (Å²) in [6.45, 7) is 1.62. The van der Waals surface area contributed by atoms with Crippen LogP contribution >= 0.6 is 11.6 Å². The normalized spacial score (nSPS) is 12.1. The molecule has 15 heavy (non-hydrogen) atoms. The van der Waals surface area contributed by atoms with E-state index in [2.05, 4.69) is 4.99 Å². The largest absolute Gasteiger partial charge is 0.260 e. The second-order valence-corrected chi connectivity index (χ2v) is 5.82. The summed E-state index contributed by atoms with van der Waals surface area (Å²) in [5.41, 5.74) is 0.700. The number of rotatable bonds is 4. The van der Waals surface area contributed by atoms with Crippen LogP contribution in [0.5, 0.6) is 0 Å². The fraction of sp³-hybridized carbons (Fsp3) is 0.300. The minimum absolute atomic E-state index is 0.0217. The molecule has 0 aliphatic carbocycles. The van der Waals surface area contributed by atoms with Crippen molar-refractivity contribution < 1.29 is 8.42 Å². The third-order valence-corrected chi connectivity index (χ3v) is 3.62. The van der Waals surface area contributed by atoms with Crippen LogP contribution in [0.4, 0.5) is 5.69 Å². The Labute approximate surface area is 94.7 Å². The molecule has 0 fully saturated rings. The van der Waals surface area contributed by atoms with E-state index in [0.717, 1.165) is 0 Å². The Bertz CT molecular complexity index is 437. The maximum atomic E-state index is 11.1. The van der Waals surface area contributed by atoms with Crippen LogP contribution in [-0.2, 0) is 9.84 Å². The quantitative estimate of drug-likeness (QED) is 0.765. The smallest absolute Gasteiger partial charge is 0.155 e. The molecule has 1 aromatic carbocycles. The van der Waals surface area contributed by atoms with E-state index in [0.29, 0.717) is 10.7 Å². The van der Waals surface area contributed by atoms with Gasteiger partial charge in [0.25, 0.3) is 0 Å². The second kappa shape index (κ2) is 5.28. The lowest BCUT2D eigenvalue weighted by atomic mass is 10.3. The lowest BCUT2D eigenvalue weighted by Gasteiger charge is -1.95. The summed E-state index contributed by atoms with van der Waals surface area (Å²) in [6.07, 6.45) is 1.40. The van der Waals surface area contributed by atoms with Crippen LogP contribution in [0, 0.1) is 0 Å². The first-order valence-corrected chi connectivity index (χ1v) is 6.72. The molecule has 1 aromatic rings. The van der Waals surface area contributed by atoms with E-state index >= 15 is 0 Å². The van der Waals surface area contributed by atoms with Crippen molar-refractivity contribution in [1.29, 1.82) is 0 Å². The van der Waals surface area contributed by atoms with Crippen LogP contribution in [0.25, 0.3) is 0 Å². The van der Waals surface area contributed by atoms with Crippen LogP contribution in [0.2, 0.25) is 5.02 Å². The van der Waals surface area contributed by atoms with Gasteiger partial charge < -0.3 is 0 Å². The molecule has 5 heteroatoms. The molecule has 0 saturated heterocycles. The van der Waals surface area contributed by atoms with E-state index in [1.165, 1.54) is 6.21 Å². The van der Waals surface area contributed by atoms with Crippen molar-refractivity contribution in [1.82, 2.24) is 0 Å². The summed E-state index contributed by atoms with van der Waals surface area (Å²) in [6, 6.07) is 6.89. The zero-order valence-corrected chi connectivity index (χ0v) is 9.92. The molecule has 0 aliphatic rings. The Kier molecular flexibility index (Phi) is 4.29. The average Bonchev–Trinajstić information content (AvgIpc) is 2.21. The highest BCUT2D eigenvalue weighted by atomic mass is 35.5. The number of halogens is 1. The van der Waals surface area contributed by atoms with Gasteiger partial charge in [0.2, 0.25) is 0 Å². The Hall–Kier alpha value is -0.870. The third kappa shape index (κ3) is 4.44. The molecule has 0 heterocycles. The number of benzene rings is 1. The van der Waals surface area contributed by atoms with Gasteiger partial charge in [0, 0.05) is 17.0 Å². The molecule has 0 aliphatic heterocycles. The van der Waals surface area contributed by atoms with Gasteiger partial charge >= 0.3 is 0 Å². The van der Waals surface area contributed by atoms with Crippen molar-refractivity contribution >= 4 is 33.3 Å². The zero-order valence-electron chi connectivity index (χ0n) is 8.35. The summed E-state index contributed by atoms with van der Waals surface area (Å²) in [4.78, 5) is 4.02. The molecular weight excluding hydrogens is 234 g/mol. The molecule has 0 atom stereocenters. The molecule has 0 radical (unpaired) electrons. The van der Waals surface area contributed by atoms with Crippen molar-refractivity contribution in [2.45, 2.75) is 6.92 Å². The van der Waals surface area contributed by atoms with Gasteiger partial charge in [0.15, 0.2) is 9.84 Å². The van der Waals surface area contributed by atoms with Crippen molar-refractivity contribution in [3.8, 4) is 0 Å². The van der Waals surface area contributed by atoms with E-state index in [1.807, 2.05) is 0 Å². The topological polar surface area (TPSA) is 46.5 Å². The molecule has 0 bridgehead atoms. The molecule has 3 nitrogen and oxygen atoms in total. The van der Waals surface area contributed by atoms with Gasteiger partial charge in [-0.1, -0.05) is 18.5 Å². The number of aliphatic imine (C=N–C) groups is 1. The summed E-state index contributed by atoms with van der Waals surface area (Å²) in [7, 11) is -2.97. The maximum absolute atomic E-state index is 11.1. The van der Waals surface area contributed by atoms with E-state index in [9.17, 15) is 8.42 Å². The van der Waals surface area contributed by atoms with Gasteiger partial charge in [-0.2, -0.15) is 0 Å². The van der Waals surface area contributed by atoms with Crippen molar-refractivity contribution in [3.63, 3.8) is 0 Å². The summed E-state index contributed by atoms with van der Waals surface area (Å²) >= 11 is 5.69. The standard InChI is InChI=1S/C10H12ClNO2S/c1-2-15(13,14)8-7-12-10-5-3-9(11)4-6-10/h3-7H,2,8H2,1H3. The molecule has 1 rings (SSSR count). The summed E-state index contributed by atoms with van der Waals surface area (Å²) < 4.78 is 22.3. The van der Waals surface area contributed by atoms with Gasteiger partial charge in [0.1, 0.15) is 0 Å². The molecule has 0 aromatic heterocycles. The maximum Gasteiger partial charge on any atom is 0.155 e. The fourth-order valence-corrected chi connectivity index (χ4v) is 1.56. The van der Waals surface area contributed by atoms with Gasteiger partial charge in [-0.3, -0.25) is 4.99 Å². The predicted molar refractivity (Wildman–Crippen MR) is 63.9 cm³/mol. The second-order valence-electron chi connectivity index (χ2n) is 2.99. The van der Waals surface area contributed by atoms with Gasteiger partial charge in [-0.15, -0.1) is 0 Å². The molecule has 0 saturated carbocycles. The minimum atomic E-state index is -2.97. The van der Waals surface area contributed by atoms with Gasteiger partial charge in [-0.25, -0.2) is 8.42 Å². The average molecular weight is 246 g/mol. The number of sulfone groups is 1. The van der Waals surface area contributed by atoms with Crippen LogP contribution in [-0.4, -0.2) is 26.1 Å². The highest BCUT2D eigenvalue weighted by molar-refractivity contribution is 7.91. The SMILES string of the molecule is CCS(=O)(=O)CC=Nc1ccc(Cl)cc1. The predicted octanol–water partition coefficient (Wildman–Crippen LogP) is 2.48. The van der Waals surface area contributed by atoms with Crippen LogP contribution in [0.1, 0.15) is 6.92 Å². The summed E-state index contributed by atoms with van der Waals surface area (Å²) in [5, 5.41) is 0.634. The lowest BCUT2D eigenvalue weighted by molar-refractivity contribution is 0.601. The van der Waals surface area contributed by atoms with Crippen LogP contribution < -0.4 is 0 Å². The van der Waals surface area contributed by atoms with Gasteiger partial charge in [-0.05, 0) is 24.3 Å². The zero-order chi connectivity index (χ0) is 11.3. The Morgan fingerprint density at radius 3 is 2.47 bits per heavy atom. The molecule has 0 unspecified atom stereocenters. The van der Waals surface area contributed by atoms with E-state index in [1.54, 1.807) is 31.2 Å². The van der Waals surface area contributed by atoms with E-state index < -0.39 is 9.84 Å². The first-order chi connectivity index (χ1) is 7.03. The molecule has 0 spiro atoms. The molecule has 0 amide bonds. The molecular formula is C10H12ClNO2S. The van der Waals surface area contributed by atoms with E-state index in [-0.39, 0.29) is 11.5 Å². The Balaban J connectivity index is 2.63. The Morgan fingerprint density at radius 2 is 1.93 bits per heavy atom. The number of nitrogens with zero attached hydrogens (tertiary/aromatic N) is 1. The summed E-state index contributed by atoms with van der Waals surface area (Å²) in [5.74, 6) is 0.117. The third-order valence-electron chi connectivity index (χ3n) is 1.84. The lowest BCUT2D eigenvalue weighted by Crippen LogP contribution is -2.09. The Morgan fingerprint density at radius 1 is 1.33 bits per heavy atom. The van der Waals surface area contributed by atoms with Crippen molar-refractivity contribution in [2.24, 2.45) is 4.99 Å². The van der Waals surface area contributed by atoms with Crippen molar-refractivity contribution in [2.75, 3.05) is 11.5 Å². The van der Waals surface area contributed by atoms with Crippen LogP contribution in [0.15, 0.2) is 29.3 Å². The highest BCUT2D eigenvalue weighted by Crippen LogP contribution is 2.15. The number of hydrogen-bond acceptors (Lipinski definition) is 3. The molecule has 0 N–H and O–H groups in total. The molecule has 82 valence electrons. The van der Waals surface area contributed by atoms with Crippen molar-refractivity contribution in [3.05, 3.63) is 29.3 Å². The van der Waals surface area contributed by atoms with Gasteiger partial charge in [0.05, 0.1) is 11.4 Å². The minimum Gasteiger partial charge on any atom is -0.260 e. The highest BCUT2D eigenvalue weighted by Gasteiger charge is 2.03. The van der Waals surface area contributed by atoms with Crippen LogP contribution in [0.3, 0.4) is 0 Å². The number of hydrogen-bond donors (Lipinski definition) is 0. The fourth-order valence-electron chi connectivity index (χ4n) is 0.901. The first kappa shape index (κ1) is 12.2.